The molecule has 2 heterocycles. The first-order valence-corrected chi connectivity index (χ1v) is 8.76. The Morgan fingerprint density at radius 3 is 2.43 bits per heavy atom. The number of aromatic nitrogens is 2. The number of anilines is 1. The monoisotopic (exact) mass is 317 g/mol. The van der Waals surface area contributed by atoms with Gasteiger partial charge in [0.15, 0.2) is 0 Å². The number of likely N-dealkylation sites (N-methyl/N-ethyl adjacent to an activating group) is 1. The van der Waals surface area contributed by atoms with Gasteiger partial charge in [0, 0.05) is 45.1 Å². The van der Waals surface area contributed by atoms with Crippen molar-refractivity contribution >= 4 is 11.9 Å². The number of hydrogen-bond acceptors (Lipinski definition) is 5. The maximum Gasteiger partial charge on any atom is 0.257 e. The predicted molar refractivity (Wildman–Crippen MR) is 90.5 cm³/mol. The van der Waals surface area contributed by atoms with Crippen LogP contribution >= 0.6 is 0 Å². The van der Waals surface area contributed by atoms with E-state index in [0.29, 0.717) is 11.5 Å². The lowest BCUT2D eigenvalue weighted by molar-refractivity contribution is 0.0663. The Hall–Kier alpha value is -1.69. The summed E-state index contributed by atoms with van der Waals surface area (Å²) in [6, 6.07) is 0. The third kappa shape index (κ3) is 4.41. The molecular formula is C17H27N5O. The van der Waals surface area contributed by atoms with Crippen molar-refractivity contribution in [1.29, 1.82) is 0 Å². The van der Waals surface area contributed by atoms with E-state index in [0.717, 1.165) is 38.6 Å². The summed E-state index contributed by atoms with van der Waals surface area (Å²) in [6.07, 6.45) is 9.95. The largest absolute Gasteiger partial charge is 0.354 e. The zero-order valence-corrected chi connectivity index (χ0v) is 14.0. The minimum Gasteiger partial charge on any atom is -0.354 e. The van der Waals surface area contributed by atoms with Crippen LogP contribution in [0.25, 0.3) is 0 Å². The highest BCUT2D eigenvalue weighted by molar-refractivity contribution is 5.93. The molecule has 0 bridgehead atoms. The minimum absolute atomic E-state index is 0.0388. The van der Waals surface area contributed by atoms with Crippen molar-refractivity contribution in [3.8, 4) is 0 Å². The van der Waals surface area contributed by atoms with Gasteiger partial charge in [0.25, 0.3) is 5.91 Å². The molecule has 1 N–H and O–H groups in total. The zero-order chi connectivity index (χ0) is 16.1. The van der Waals surface area contributed by atoms with E-state index >= 15 is 0 Å². The molecule has 0 unspecified atom stereocenters. The van der Waals surface area contributed by atoms with Crippen molar-refractivity contribution in [2.24, 2.45) is 5.92 Å². The van der Waals surface area contributed by atoms with Gasteiger partial charge >= 0.3 is 0 Å². The van der Waals surface area contributed by atoms with Gasteiger partial charge in [0.05, 0.1) is 5.56 Å². The number of hydrogen-bond donors (Lipinski definition) is 1. The molecule has 1 amide bonds. The van der Waals surface area contributed by atoms with Crippen molar-refractivity contribution in [2.45, 2.75) is 32.1 Å². The number of amides is 1. The molecular weight excluding hydrogens is 290 g/mol. The molecule has 1 aliphatic heterocycles. The van der Waals surface area contributed by atoms with Gasteiger partial charge in [-0.2, -0.15) is 0 Å². The minimum atomic E-state index is 0.0388. The third-order valence-corrected chi connectivity index (χ3v) is 4.96. The summed E-state index contributed by atoms with van der Waals surface area (Å²) < 4.78 is 0. The van der Waals surface area contributed by atoms with E-state index in [9.17, 15) is 4.79 Å². The average molecular weight is 317 g/mol. The van der Waals surface area contributed by atoms with E-state index in [2.05, 4.69) is 27.2 Å². The molecule has 0 spiro atoms. The number of nitrogens with one attached hydrogen (secondary N) is 1. The number of piperazine rings is 1. The summed E-state index contributed by atoms with van der Waals surface area (Å²) in [5.41, 5.74) is 0.581. The Labute approximate surface area is 138 Å². The molecule has 126 valence electrons. The Morgan fingerprint density at radius 2 is 1.78 bits per heavy atom. The summed E-state index contributed by atoms with van der Waals surface area (Å²) in [4.78, 5) is 25.2. The van der Waals surface area contributed by atoms with Crippen LogP contribution in [-0.4, -0.2) is 65.4 Å². The lowest BCUT2D eigenvalue weighted by atomic mass is 9.89. The fourth-order valence-corrected chi connectivity index (χ4v) is 3.35. The van der Waals surface area contributed by atoms with Crippen LogP contribution < -0.4 is 5.32 Å². The molecule has 2 fully saturated rings. The highest BCUT2D eigenvalue weighted by Gasteiger charge is 2.21. The summed E-state index contributed by atoms with van der Waals surface area (Å²) in [5, 5.41) is 3.31. The standard InChI is InChI=1S/C17H27N5O/c1-21-7-9-22(10-8-21)16(23)15-12-19-17(20-13-15)18-11-14-5-3-2-4-6-14/h12-14H,2-11H2,1H3,(H,18,19,20). The maximum atomic E-state index is 12.4. The normalized spacial score (nSPS) is 20.5. The molecule has 0 atom stereocenters. The van der Waals surface area contributed by atoms with Crippen LogP contribution in [0.4, 0.5) is 5.95 Å². The fraction of sp³-hybridized carbons (Fsp3) is 0.706. The predicted octanol–water partition coefficient (Wildman–Crippen LogP) is 1.86. The molecule has 0 radical (unpaired) electrons. The Kier molecular flexibility index (Phi) is 5.43. The first kappa shape index (κ1) is 16.2. The van der Waals surface area contributed by atoms with Crippen LogP contribution in [0.3, 0.4) is 0 Å². The second kappa shape index (κ2) is 7.73. The highest BCUT2D eigenvalue weighted by atomic mass is 16.2. The Balaban J connectivity index is 1.51. The van der Waals surface area contributed by atoms with Crippen molar-refractivity contribution in [3.05, 3.63) is 18.0 Å². The molecule has 3 rings (SSSR count). The first-order valence-electron chi connectivity index (χ1n) is 8.76. The summed E-state index contributed by atoms with van der Waals surface area (Å²) >= 11 is 0. The van der Waals surface area contributed by atoms with E-state index < -0.39 is 0 Å². The van der Waals surface area contributed by atoms with Crippen LogP contribution in [0, 0.1) is 5.92 Å². The fourth-order valence-electron chi connectivity index (χ4n) is 3.35. The molecule has 0 aromatic carbocycles. The molecule has 1 aromatic rings. The van der Waals surface area contributed by atoms with E-state index in [-0.39, 0.29) is 5.91 Å². The van der Waals surface area contributed by atoms with Crippen LogP contribution in [0.5, 0.6) is 0 Å². The second-order valence-corrected chi connectivity index (χ2v) is 6.78. The van der Waals surface area contributed by atoms with Gasteiger partial charge in [-0.25, -0.2) is 9.97 Å². The van der Waals surface area contributed by atoms with E-state index in [1.165, 1.54) is 32.1 Å². The molecule has 6 nitrogen and oxygen atoms in total. The van der Waals surface area contributed by atoms with Crippen molar-refractivity contribution in [1.82, 2.24) is 19.8 Å². The van der Waals surface area contributed by atoms with E-state index in [4.69, 9.17) is 0 Å². The Bertz CT molecular complexity index is 504. The first-order chi connectivity index (χ1) is 11.2. The van der Waals surface area contributed by atoms with Gasteiger partial charge < -0.3 is 15.1 Å². The van der Waals surface area contributed by atoms with Gasteiger partial charge in [-0.1, -0.05) is 19.3 Å². The van der Waals surface area contributed by atoms with E-state index in [1.54, 1.807) is 12.4 Å². The van der Waals surface area contributed by atoms with Crippen molar-refractivity contribution in [3.63, 3.8) is 0 Å². The molecule has 23 heavy (non-hydrogen) atoms. The third-order valence-electron chi connectivity index (χ3n) is 4.96. The van der Waals surface area contributed by atoms with Gasteiger partial charge in [0.2, 0.25) is 5.95 Å². The van der Waals surface area contributed by atoms with Gasteiger partial charge in [0.1, 0.15) is 0 Å². The number of carbonyl (C=O) groups excluding carboxylic acids is 1. The topological polar surface area (TPSA) is 61.4 Å². The van der Waals surface area contributed by atoms with Crippen LogP contribution in [-0.2, 0) is 0 Å². The molecule has 1 aromatic heterocycles. The number of nitrogens with zero attached hydrogens (tertiary/aromatic N) is 4. The highest BCUT2D eigenvalue weighted by Crippen LogP contribution is 2.23. The van der Waals surface area contributed by atoms with Crippen LogP contribution in [0.15, 0.2) is 12.4 Å². The molecule has 1 aliphatic carbocycles. The van der Waals surface area contributed by atoms with Crippen molar-refractivity contribution in [2.75, 3.05) is 45.1 Å². The van der Waals surface area contributed by atoms with Crippen molar-refractivity contribution < 1.29 is 4.79 Å². The summed E-state index contributed by atoms with van der Waals surface area (Å²) in [7, 11) is 2.08. The van der Waals surface area contributed by atoms with Crippen LogP contribution in [0.2, 0.25) is 0 Å². The average Bonchev–Trinajstić information content (AvgIpc) is 2.61. The number of carbonyl (C=O) groups is 1. The lowest BCUT2D eigenvalue weighted by Crippen LogP contribution is -2.47. The summed E-state index contributed by atoms with van der Waals surface area (Å²) in [5.74, 6) is 1.40. The molecule has 2 aliphatic rings. The molecule has 1 saturated carbocycles. The molecule has 6 heteroatoms. The SMILES string of the molecule is CN1CCN(C(=O)c2cnc(NCC3CCCCC3)nc2)CC1. The molecule has 1 saturated heterocycles. The Morgan fingerprint density at radius 1 is 1.13 bits per heavy atom. The second-order valence-electron chi connectivity index (χ2n) is 6.78. The lowest BCUT2D eigenvalue weighted by Gasteiger charge is -2.32. The maximum absolute atomic E-state index is 12.4. The van der Waals surface area contributed by atoms with Gasteiger partial charge in [-0.15, -0.1) is 0 Å². The van der Waals surface area contributed by atoms with Crippen LogP contribution in [0.1, 0.15) is 42.5 Å². The number of rotatable bonds is 4. The zero-order valence-electron chi connectivity index (χ0n) is 14.0. The van der Waals surface area contributed by atoms with E-state index in [1.807, 2.05) is 4.90 Å². The summed E-state index contributed by atoms with van der Waals surface area (Å²) in [6.45, 7) is 4.33. The van der Waals surface area contributed by atoms with Gasteiger partial charge in [-0.3, -0.25) is 4.79 Å². The smallest absolute Gasteiger partial charge is 0.257 e. The quantitative estimate of drug-likeness (QED) is 0.918. The van der Waals surface area contributed by atoms with Gasteiger partial charge in [-0.05, 0) is 25.8 Å².